The first-order valence-electron chi connectivity index (χ1n) is 10.4. The van der Waals surface area contributed by atoms with Gasteiger partial charge in [-0.3, -0.25) is 9.36 Å². The van der Waals surface area contributed by atoms with Gasteiger partial charge in [-0.15, -0.1) is 0 Å². The third kappa shape index (κ3) is 4.47. The van der Waals surface area contributed by atoms with Crippen molar-refractivity contribution in [3.8, 4) is 11.5 Å². The van der Waals surface area contributed by atoms with Crippen molar-refractivity contribution in [2.45, 2.75) is 17.5 Å². The van der Waals surface area contributed by atoms with Gasteiger partial charge in [-0.05, 0) is 53.6 Å². The lowest BCUT2D eigenvalue weighted by atomic mass is 10.1. The predicted octanol–water partition coefficient (Wildman–Crippen LogP) is 4.91. The maximum Gasteiger partial charge on any atom is 0.337 e. The number of carbonyl (C=O) groups excluding carboxylic acids is 1. The van der Waals surface area contributed by atoms with Crippen LogP contribution < -0.4 is 15.0 Å². The molecule has 1 aliphatic heterocycles. The van der Waals surface area contributed by atoms with Crippen molar-refractivity contribution >= 4 is 40.2 Å². The van der Waals surface area contributed by atoms with Gasteiger partial charge in [-0.2, -0.15) is 0 Å². The predicted molar refractivity (Wildman–Crippen MR) is 130 cm³/mol. The molecule has 9 heteroatoms. The number of benzene rings is 3. The van der Waals surface area contributed by atoms with Crippen LogP contribution in [0, 0.1) is 0 Å². The van der Waals surface area contributed by atoms with Gasteiger partial charge in [0.05, 0.1) is 30.1 Å². The van der Waals surface area contributed by atoms with E-state index in [9.17, 15) is 9.59 Å². The number of methoxy groups -OCH3 is 1. The zero-order chi connectivity index (χ0) is 23.7. The highest BCUT2D eigenvalue weighted by Gasteiger charge is 2.17. The van der Waals surface area contributed by atoms with Crippen LogP contribution in [-0.2, 0) is 17.0 Å². The topological polar surface area (TPSA) is 79.7 Å². The van der Waals surface area contributed by atoms with Gasteiger partial charge < -0.3 is 14.2 Å². The van der Waals surface area contributed by atoms with Crippen LogP contribution in [0.25, 0.3) is 10.9 Å². The fourth-order valence-corrected chi connectivity index (χ4v) is 4.73. The van der Waals surface area contributed by atoms with E-state index in [1.165, 1.54) is 18.9 Å². The molecule has 0 atom stereocenters. The monoisotopic (exact) mass is 494 g/mol. The lowest BCUT2D eigenvalue weighted by molar-refractivity contribution is 0.0601. The number of esters is 1. The Labute approximate surface area is 204 Å². The van der Waals surface area contributed by atoms with Crippen molar-refractivity contribution < 1.29 is 19.0 Å². The van der Waals surface area contributed by atoms with E-state index in [1.807, 2.05) is 42.5 Å². The molecular formula is C25H19ClN2O5S. The summed E-state index contributed by atoms with van der Waals surface area (Å²) < 4.78 is 17.3. The third-order valence-electron chi connectivity index (χ3n) is 5.40. The smallest absolute Gasteiger partial charge is 0.337 e. The fourth-order valence-electron chi connectivity index (χ4n) is 3.65. The van der Waals surface area contributed by atoms with Crippen molar-refractivity contribution in [1.82, 2.24) is 9.55 Å². The van der Waals surface area contributed by atoms with Crippen LogP contribution in [0.2, 0.25) is 5.02 Å². The van der Waals surface area contributed by atoms with Crippen molar-refractivity contribution in [2.24, 2.45) is 0 Å². The van der Waals surface area contributed by atoms with E-state index >= 15 is 0 Å². The van der Waals surface area contributed by atoms with Gasteiger partial charge in [0.25, 0.3) is 5.56 Å². The molecule has 0 unspecified atom stereocenters. The summed E-state index contributed by atoms with van der Waals surface area (Å²) in [4.78, 5) is 30.3. The van der Waals surface area contributed by atoms with Crippen molar-refractivity contribution in [1.29, 1.82) is 0 Å². The van der Waals surface area contributed by atoms with Crippen LogP contribution in [0.1, 0.15) is 21.5 Å². The maximum absolute atomic E-state index is 13.5. The Balaban J connectivity index is 1.56. The average molecular weight is 495 g/mol. The SMILES string of the molecule is COC(=O)c1ccc2c(=O)n(Cc3ccc4c(c3)OCO4)c(SCc3ccc(Cl)cc3)nc2c1. The van der Waals surface area contributed by atoms with E-state index in [4.69, 9.17) is 30.8 Å². The van der Waals surface area contributed by atoms with E-state index in [1.54, 1.807) is 22.8 Å². The Kier molecular flexibility index (Phi) is 6.17. The zero-order valence-electron chi connectivity index (χ0n) is 18.1. The number of carbonyl (C=O) groups is 1. The molecule has 0 bridgehead atoms. The molecule has 34 heavy (non-hydrogen) atoms. The Bertz CT molecular complexity index is 1450. The molecule has 3 aromatic carbocycles. The Hall–Kier alpha value is -3.49. The number of fused-ring (bicyclic) bond motifs is 2. The number of rotatable bonds is 6. The summed E-state index contributed by atoms with van der Waals surface area (Å²) in [5, 5.41) is 1.61. The summed E-state index contributed by atoms with van der Waals surface area (Å²) in [6.07, 6.45) is 0. The van der Waals surface area contributed by atoms with Crippen LogP contribution >= 0.6 is 23.4 Å². The first kappa shape index (κ1) is 22.3. The number of nitrogens with zero attached hydrogens (tertiary/aromatic N) is 2. The second-order valence-corrected chi connectivity index (χ2v) is 8.99. The molecule has 0 radical (unpaired) electrons. The van der Waals surface area contributed by atoms with Gasteiger partial charge >= 0.3 is 5.97 Å². The molecule has 7 nitrogen and oxygen atoms in total. The summed E-state index contributed by atoms with van der Waals surface area (Å²) in [5.41, 5.74) is 2.50. The van der Waals surface area contributed by atoms with Crippen LogP contribution in [-0.4, -0.2) is 29.4 Å². The number of hydrogen-bond donors (Lipinski definition) is 0. The molecular weight excluding hydrogens is 476 g/mol. The molecule has 0 aliphatic carbocycles. The molecule has 1 aromatic heterocycles. The van der Waals surface area contributed by atoms with Crippen LogP contribution in [0.4, 0.5) is 0 Å². The molecule has 0 N–H and O–H groups in total. The highest BCUT2D eigenvalue weighted by molar-refractivity contribution is 7.98. The number of aromatic nitrogens is 2. The van der Waals surface area contributed by atoms with Gasteiger partial charge in [-0.25, -0.2) is 9.78 Å². The number of halogens is 1. The van der Waals surface area contributed by atoms with Gasteiger partial charge in [0, 0.05) is 10.8 Å². The van der Waals surface area contributed by atoms with E-state index in [0.717, 1.165) is 11.1 Å². The first-order valence-corrected chi connectivity index (χ1v) is 11.8. The normalized spacial score (nSPS) is 12.2. The minimum atomic E-state index is -0.483. The summed E-state index contributed by atoms with van der Waals surface area (Å²) in [6.45, 7) is 0.487. The standard InChI is InChI=1S/C25H19ClN2O5S/c1-31-24(30)17-5-8-19-20(11-17)27-25(34-13-15-2-6-18(26)7-3-15)28(23(19)29)12-16-4-9-21-22(10-16)33-14-32-21/h2-11H,12-14H2,1H3. The molecule has 0 fully saturated rings. The first-order chi connectivity index (χ1) is 16.5. The summed E-state index contributed by atoms with van der Waals surface area (Å²) in [7, 11) is 1.32. The summed E-state index contributed by atoms with van der Waals surface area (Å²) in [5.74, 6) is 1.44. The van der Waals surface area contributed by atoms with Crippen LogP contribution in [0.15, 0.2) is 70.6 Å². The van der Waals surface area contributed by atoms with Gasteiger partial charge in [0.15, 0.2) is 16.7 Å². The van der Waals surface area contributed by atoms with E-state index in [0.29, 0.717) is 50.4 Å². The van der Waals surface area contributed by atoms with Crippen LogP contribution in [0.5, 0.6) is 11.5 Å². The third-order valence-corrected chi connectivity index (χ3v) is 6.70. The van der Waals surface area contributed by atoms with E-state index < -0.39 is 5.97 Å². The number of hydrogen-bond acceptors (Lipinski definition) is 7. The van der Waals surface area contributed by atoms with Crippen molar-refractivity contribution in [2.75, 3.05) is 13.9 Å². The highest BCUT2D eigenvalue weighted by atomic mass is 35.5. The largest absolute Gasteiger partial charge is 0.465 e. The van der Waals surface area contributed by atoms with Crippen molar-refractivity contribution in [3.05, 3.63) is 92.7 Å². The quantitative estimate of drug-likeness (QED) is 0.214. The molecule has 0 spiro atoms. The van der Waals surface area contributed by atoms with Gasteiger partial charge in [-0.1, -0.05) is 41.6 Å². The lowest BCUT2D eigenvalue weighted by Crippen LogP contribution is -2.24. The lowest BCUT2D eigenvalue weighted by Gasteiger charge is -2.14. The molecule has 0 saturated carbocycles. The van der Waals surface area contributed by atoms with Crippen molar-refractivity contribution in [3.63, 3.8) is 0 Å². The maximum atomic E-state index is 13.5. The van der Waals surface area contributed by atoms with E-state index in [-0.39, 0.29) is 12.4 Å². The van der Waals surface area contributed by atoms with Gasteiger partial charge in [0.2, 0.25) is 6.79 Å². The summed E-state index contributed by atoms with van der Waals surface area (Å²) >= 11 is 7.44. The number of thioether (sulfide) groups is 1. The van der Waals surface area contributed by atoms with Crippen LogP contribution in [0.3, 0.4) is 0 Å². The minimum absolute atomic E-state index is 0.182. The number of ether oxygens (including phenoxy) is 3. The Morgan fingerprint density at radius 1 is 1.06 bits per heavy atom. The highest BCUT2D eigenvalue weighted by Crippen LogP contribution is 2.33. The molecule has 1 aliphatic rings. The minimum Gasteiger partial charge on any atom is -0.465 e. The second kappa shape index (κ2) is 9.40. The van der Waals surface area contributed by atoms with E-state index in [2.05, 4.69) is 0 Å². The fraction of sp³-hybridized carbons (Fsp3) is 0.160. The zero-order valence-corrected chi connectivity index (χ0v) is 19.7. The molecule has 172 valence electrons. The van der Waals surface area contributed by atoms with Gasteiger partial charge in [0.1, 0.15) is 0 Å². The summed E-state index contributed by atoms with van der Waals surface area (Å²) in [6, 6.07) is 17.9. The molecule has 0 saturated heterocycles. The average Bonchev–Trinajstić information content (AvgIpc) is 3.33. The Morgan fingerprint density at radius 2 is 1.82 bits per heavy atom. The second-order valence-electron chi connectivity index (χ2n) is 7.61. The Morgan fingerprint density at radius 3 is 2.62 bits per heavy atom. The molecule has 5 rings (SSSR count). The molecule has 4 aromatic rings. The molecule has 0 amide bonds. The molecule has 2 heterocycles.